The molecule has 0 bridgehead atoms. The third kappa shape index (κ3) is 5.45. The zero-order valence-corrected chi connectivity index (χ0v) is 15.8. The molecule has 0 fully saturated rings. The van der Waals surface area contributed by atoms with Crippen molar-refractivity contribution in [2.24, 2.45) is 0 Å². The van der Waals surface area contributed by atoms with E-state index in [-0.39, 0.29) is 17.7 Å². The molecule has 0 aliphatic heterocycles. The SMILES string of the molecule is C=CCn1c(SCC(=O)NC(=O)N[C@H](C)CC)nnc1-c1ccccc1. The Kier molecular flexibility index (Phi) is 7.40. The molecule has 0 unspecified atom stereocenters. The maximum absolute atomic E-state index is 12.0. The molecule has 1 heterocycles. The average molecular weight is 373 g/mol. The lowest BCUT2D eigenvalue weighted by Crippen LogP contribution is -2.43. The molecular formula is C18H23N5O2S. The maximum Gasteiger partial charge on any atom is 0.321 e. The molecule has 0 saturated heterocycles. The molecule has 1 aromatic heterocycles. The standard InChI is InChI=1S/C18H23N5O2S/c1-4-11-23-16(14-9-7-6-8-10-14)21-22-18(23)26-12-15(24)20-17(25)19-13(3)5-2/h4,6-10,13H,1,5,11-12H2,2-3H3,(H2,19,20,24,25)/t13-/m1/s1. The molecule has 0 radical (unpaired) electrons. The minimum atomic E-state index is -0.484. The number of hydrogen-bond donors (Lipinski definition) is 2. The number of nitrogens with zero attached hydrogens (tertiary/aromatic N) is 3. The van der Waals surface area contributed by atoms with Gasteiger partial charge in [-0.15, -0.1) is 16.8 Å². The largest absolute Gasteiger partial charge is 0.335 e. The highest BCUT2D eigenvalue weighted by molar-refractivity contribution is 7.99. The number of carbonyl (C=O) groups is 2. The summed E-state index contributed by atoms with van der Waals surface area (Å²) in [5.41, 5.74) is 0.936. The number of nitrogens with one attached hydrogen (secondary N) is 2. The summed E-state index contributed by atoms with van der Waals surface area (Å²) in [7, 11) is 0. The van der Waals surface area contributed by atoms with Gasteiger partial charge in [-0.2, -0.15) is 0 Å². The molecule has 0 aliphatic carbocycles. The van der Waals surface area contributed by atoms with Gasteiger partial charge in [-0.3, -0.25) is 14.7 Å². The highest BCUT2D eigenvalue weighted by Crippen LogP contribution is 2.23. The maximum atomic E-state index is 12.0. The van der Waals surface area contributed by atoms with Crippen LogP contribution in [0, 0.1) is 0 Å². The highest BCUT2D eigenvalue weighted by Gasteiger charge is 2.16. The van der Waals surface area contributed by atoms with Crippen molar-refractivity contribution in [3.05, 3.63) is 43.0 Å². The predicted octanol–water partition coefficient (Wildman–Crippen LogP) is 2.85. The van der Waals surface area contributed by atoms with Gasteiger partial charge in [0.1, 0.15) is 0 Å². The van der Waals surface area contributed by atoms with E-state index in [2.05, 4.69) is 27.4 Å². The Labute approximate surface area is 157 Å². The molecule has 2 N–H and O–H groups in total. The molecule has 3 amide bonds. The normalized spacial score (nSPS) is 11.6. The van der Waals surface area contributed by atoms with Crippen molar-refractivity contribution >= 4 is 23.7 Å². The molecule has 0 saturated carbocycles. The third-order valence-corrected chi connectivity index (χ3v) is 4.60. The number of amides is 3. The van der Waals surface area contributed by atoms with E-state index in [0.29, 0.717) is 17.5 Å². The first kappa shape index (κ1) is 19.7. The summed E-state index contributed by atoms with van der Waals surface area (Å²) in [6.07, 6.45) is 2.54. The zero-order valence-electron chi connectivity index (χ0n) is 14.9. The number of aromatic nitrogens is 3. The monoisotopic (exact) mass is 373 g/mol. The second kappa shape index (κ2) is 9.76. The lowest BCUT2D eigenvalue weighted by Gasteiger charge is -2.11. The first-order valence-electron chi connectivity index (χ1n) is 8.37. The molecule has 0 aliphatic rings. The Hall–Kier alpha value is -2.61. The Morgan fingerprint density at radius 2 is 2.04 bits per heavy atom. The second-order valence-electron chi connectivity index (χ2n) is 5.69. The summed E-state index contributed by atoms with van der Waals surface area (Å²) in [5, 5.41) is 14.0. The minimum absolute atomic E-state index is 0.0135. The average Bonchev–Trinajstić information content (AvgIpc) is 3.03. The van der Waals surface area contributed by atoms with Gasteiger partial charge < -0.3 is 5.32 Å². The molecule has 26 heavy (non-hydrogen) atoms. The van der Waals surface area contributed by atoms with Gasteiger partial charge in [-0.25, -0.2) is 4.79 Å². The summed E-state index contributed by atoms with van der Waals surface area (Å²) in [6, 6.07) is 9.22. The summed E-state index contributed by atoms with van der Waals surface area (Å²) >= 11 is 1.23. The van der Waals surface area contributed by atoms with E-state index in [4.69, 9.17) is 0 Å². The smallest absolute Gasteiger partial charge is 0.321 e. The van der Waals surface area contributed by atoms with Gasteiger partial charge in [0.05, 0.1) is 5.75 Å². The van der Waals surface area contributed by atoms with Gasteiger partial charge in [0.15, 0.2) is 11.0 Å². The van der Waals surface area contributed by atoms with Crippen LogP contribution >= 0.6 is 11.8 Å². The lowest BCUT2D eigenvalue weighted by atomic mass is 10.2. The predicted molar refractivity (Wildman–Crippen MR) is 103 cm³/mol. The number of urea groups is 1. The number of benzene rings is 1. The number of imide groups is 1. The minimum Gasteiger partial charge on any atom is -0.335 e. The Bertz CT molecular complexity index is 760. The van der Waals surface area contributed by atoms with Crippen molar-refractivity contribution in [1.82, 2.24) is 25.4 Å². The zero-order chi connectivity index (χ0) is 18.9. The van der Waals surface area contributed by atoms with Gasteiger partial charge in [-0.1, -0.05) is 55.1 Å². The van der Waals surface area contributed by atoms with Crippen molar-refractivity contribution in [3.63, 3.8) is 0 Å². The number of allylic oxidation sites excluding steroid dienone is 1. The number of thioether (sulfide) groups is 1. The fourth-order valence-corrected chi connectivity index (χ4v) is 2.89. The number of carbonyl (C=O) groups excluding carboxylic acids is 2. The molecule has 8 heteroatoms. The van der Waals surface area contributed by atoms with Crippen molar-refractivity contribution in [3.8, 4) is 11.4 Å². The van der Waals surface area contributed by atoms with Gasteiger partial charge in [0, 0.05) is 18.2 Å². The quantitative estimate of drug-likeness (QED) is 0.549. The summed E-state index contributed by atoms with van der Waals surface area (Å²) in [4.78, 5) is 23.7. The summed E-state index contributed by atoms with van der Waals surface area (Å²) < 4.78 is 1.89. The Morgan fingerprint density at radius 3 is 2.69 bits per heavy atom. The Balaban J connectivity index is 2.01. The van der Waals surface area contributed by atoms with Gasteiger partial charge in [0.2, 0.25) is 5.91 Å². The molecule has 0 spiro atoms. The molecule has 2 aromatic rings. The van der Waals surface area contributed by atoms with Gasteiger partial charge in [-0.05, 0) is 13.3 Å². The fourth-order valence-electron chi connectivity index (χ4n) is 2.14. The topological polar surface area (TPSA) is 88.9 Å². The molecule has 1 aromatic carbocycles. The lowest BCUT2D eigenvalue weighted by molar-refractivity contribution is -0.117. The van der Waals surface area contributed by atoms with Crippen LogP contribution in [0.15, 0.2) is 48.1 Å². The van der Waals surface area contributed by atoms with Crippen LogP contribution in [-0.4, -0.2) is 38.5 Å². The van der Waals surface area contributed by atoms with Crippen LogP contribution in [0.3, 0.4) is 0 Å². The fraction of sp³-hybridized carbons (Fsp3) is 0.333. The van der Waals surface area contributed by atoms with E-state index in [9.17, 15) is 9.59 Å². The highest BCUT2D eigenvalue weighted by atomic mass is 32.2. The van der Waals surface area contributed by atoms with E-state index in [1.807, 2.05) is 48.7 Å². The first-order chi connectivity index (χ1) is 12.5. The van der Waals surface area contributed by atoms with Crippen molar-refractivity contribution in [2.75, 3.05) is 5.75 Å². The summed E-state index contributed by atoms with van der Waals surface area (Å²) in [6.45, 7) is 8.12. The second-order valence-corrected chi connectivity index (χ2v) is 6.63. The number of rotatable bonds is 8. The van der Waals surface area contributed by atoms with E-state index >= 15 is 0 Å². The molecule has 1 atom stereocenters. The third-order valence-electron chi connectivity index (χ3n) is 3.64. The van der Waals surface area contributed by atoms with E-state index in [1.165, 1.54) is 11.8 Å². The van der Waals surface area contributed by atoms with Gasteiger partial charge in [0.25, 0.3) is 0 Å². The molecular weight excluding hydrogens is 350 g/mol. The van der Waals surface area contributed by atoms with Crippen LogP contribution in [0.4, 0.5) is 4.79 Å². The van der Waals surface area contributed by atoms with Crippen LogP contribution in [0.25, 0.3) is 11.4 Å². The van der Waals surface area contributed by atoms with Crippen molar-refractivity contribution < 1.29 is 9.59 Å². The van der Waals surface area contributed by atoms with Crippen molar-refractivity contribution in [2.45, 2.75) is 38.0 Å². The molecule has 2 rings (SSSR count). The van der Waals surface area contributed by atoms with E-state index < -0.39 is 6.03 Å². The van der Waals surface area contributed by atoms with Crippen LogP contribution < -0.4 is 10.6 Å². The van der Waals surface area contributed by atoms with E-state index in [0.717, 1.165) is 12.0 Å². The summed E-state index contributed by atoms with van der Waals surface area (Å²) in [5.74, 6) is 0.394. The molecule has 7 nitrogen and oxygen atoms in total. The number of hydrogen-bond acceptors (Lipinski definition) is 5. The van der Waals surface area contributed by atoms with Crippen molar-refractivity contribution in [1.29, 1.82) is 0 Å². The van der Waals surface area contributed by atoms with Crippen LogP contribution in [0.2, 0.25) is 0 Å². The van der Waals surface area contributed by atoms with Crippen LogP contribution in [0.1, 0.15) is 20.3 Å². The Morgan fingerprint density at radius 1 is 1.31 bits per heavy atom. The van der Waals surface area contributed by atoms with Crippen LogP contribution in [0.5, 0.6) is 0 Å². The van der Waals surface area contributed by atoms with E-state index in [1.54, 1.807) is 6.08 Å². The van der Waals surface area contributed by atoms with Crippen LogP contribution in [-0.2, 0) is 11.3 Å². The molecule has 138 valence electrons. The van der Waals surface area contributed by atoms with Gasteiger partial charge >= 0.3 is 6.03 Å². The first-order valence-corrected chi connectivity index (χ1v) is 9.36.